The zero-order chi connectivity index (χ0) is 11.2. The Morgan fingerprint density at radius 1 is 1.53 bits per heavy atom. The number of likely N-dealkylation sites (N-methyl/N-ethyl adjacent to an activating group) is 1. The van der Waals surface area contributed by atoms with E-state index in [1.807, 2.05) is 20.9 Å². The molecule has 0 aromatic carbocycles. The van der Waals surface area contributed by atoms with Crippen molar-refractivity contribution in [3.05, 3.63) is 0 Å². The molecule has 2 rings (SSSR count). The van der Waals surface area contributed by atoms with E-state index < -0.39 is 0 Å². The largest absolute Gasteiger partial charge is 0.393 e. The van der Waals surface area contributed by atoms with Crippen molar-refractivity contribution in [2.24, 2.45) is 5.92 Å². The maximum absolute atomic E-state index is 12.3. The predicted molar refractivity (Wildman–Crippen MR) is 58.6 cm³/mol. The Hall–Kier alpha value is -0.410. The van der Waals surface area contributed by atoms with Gasteiger partial charge in [-0.3, -0.25) is 9.69 Å². The third kappa shape index (κ3) is 1.53. The minimum atomic E-state index is -0.351. The van der Waals surface area contributed by atoms with Gasteiger partial charge in [-0.2, -0.15) is 0 Å². The molecule has 0 aliphatic carbocycles. The van der Waals surface area contributed by atoms with E-state index in [1.54, 1.807) is 0 Å². The summed E-state index contributed by atoms with van der Waals surface area (Å²) >= 11 is 0. The van der Waals surface area contributed by atoms with Gasteiger partial charge in [0.25, 0.3) is 0 Å². The van der Waals surface area contributed by atoms with Gasteiger partial charge in [-0.15, -0.1) is 0 Å². The highest BCUT2D eigenvalue weighted by Crippen LogP contribution is 2.44. The predicted octanol–water partition coefficient (Wildman–Crippen LogP) is 1.20. The summed E-state index contributed by atoms with van der Waals surface area (Å²) in [5, 5.41) is 9.82. The highest BCUT2D eigenvalue weighted by Gasteiger charge is 2.54. The fourth-order valence-corrected chi connectivity index (χ4v) is 3.37. The molecule has 0 radical (unpaired) electrons. The Bertz CT molecular complexity index is 277. The van der Waals surface area contributed by atoms with E-state index in [4.69, 9.17) is 0 Å². The van der Waals surface area contributed by atoms with Crippen molar-refractivity contribution < 1.29 is 9.90 Å². The van der Waals surface area contributed by atoms with Crippen molar-refractivity contribution in [2.75, 3.05) is 7.05 Å². The Morgan fingerprint density at radius 3 is 2.80 bits per heavy atom. The van der Waals surface area contributed by atoms with E-state index in [0.29, 0.717) is 18.2 Å². The van der Waals surface area contributed by atoms with Crippen molar-refractivity contribution in [3.8, 4) is 0 Å². The van der Waals surface area contributed by atoms with E-state index in [0.717, 1.165) is 19.3 Å². The normalized spacial score (nSPS) is 41.1. The zero-order valence-electron chi connectivity index (χ0n) is 9.86. The van der Waals surface area contributed by atoms with Crippen LogP contribution in [0.15, 0.2) is 0 Å². The lowest BCUT2D eigenvalue weighted by atomic mass is 9.79. The fourth-order valence-electron chi connectivity index (χ4n) is 3.37. The number of piperidine rings is 1. The molecular weight excluding hydrogens is 190 g/mol. The van der Waals surface area contributed by atoms with Gasteiger partial charge in [-0.25, -0.2) is 0 Å². The molecule has 0 spiro atoms. The quantitative estimate of drug-likeness (QED) is 0.746. The van der Waals surface area contributed by atoms with Gasteiger partial charge in [0.15, 0.2) is 5.78 Å². The molecule has 2 heterocycles. The lowest BCUT2D eigenvalue weighted by molar-refractivity contribution is -0.137. The van der Waals surface area contributed by atoms with Gasteiger partial charge in [-0.05, 0) is 32.7 Å². The van der Waals surface area contributed by atoms with Gasteiger partial charge in [0.05, 0.1) is 11.6 Å². The maximum atomic E-state index is 12.3. The lowest BCUT2D eigenvalue weighted by Gasteiger charge is -2.44. The van der Waals surface area contributed by atoms with Gasteiger partial charge in [0.1, 0.15) is 0 Å². The van der Waals surface area contributed by atoms with Crippen LogP contribution >= 0.6 is 0 Å². The first-order valence-corrected chi connectivity index (χ1v) is 5.92. The van der Waals surface area contributed by atoms with Crippen LogP contribution in [0.5, 0.6) is 0 Å². The third-order valence-electron chi connectivity index (χ3n) is 4.21. The first-order valence-electron chi connectivity index (χ1n) is 5.92. The Kier molecular flexibility index (Phi) is 2.63. The molecule has 15 heavy (non-hydrogen) atoms. The van der Waals surface area contributed by atoms with Crippen LogP contribution in [0, 0.1) is 5.92 Å². The molecule has 1 N–H and O–H groups in total. The number of Topliss-reactive ketones (excluding diaryl/α,β-unsaturated/α-hetero) is 1. The Morgan fingerprint density at radius 2 is 2.20 bits per heavy atom. The van der Waals surface area contributed by atoms with Crippen molar-refractivity contribution in [1.82, 2.24) is 4.90 Å². The second kappa shape index (κ2) is 3.56. The number of nitrogens with zero attached hydrogens (tertiary/aromatic N) is 1. The minimum absolute atomic E-state index is 0.0662. The number of carbonyl (C=O) groups excluding carboxylic acids is 1. The highest BCUT2D eigenvalue weighted by molar-refractivity contribution is 5.90. The van der Waals surface area contributed by atoms with Crippen LogP contribution in [0.2, 0.25) is 0 Å². The van der Waals surface area contributed by atoms with Crippen molar-refractivity contribution >= 4 is 5.78 Å². The van der Waals surface area contributed by atoms with E-state index in [1.165, 1.54) is 0 Å². The summed E-state index contributed by atoms with van der Waals surface area (Å²) in [7, 11) is 2.05. The molecule has 86 valence electrons. The van der Waals surface area contributed by atoms with Crippen LogP contribution in [0.3, 0.4) is 0 Å². The topological polar surface area (TPSA) is 40.5 Å². The number of aliphatic hydroxyl groups is 1. The average Bonchev–Trinajstić information content (AvgIpc) is 2.37. The second-order valence-electron chi connectivity index (χ2n) is 5.45. The summed E-state index contributed by atoms with van der Waals surface area (Å²) < 4.78 is 0. The first-order chi connectivity index (χ1) is 6.97. The van der Waals surface area contributed by atoms with Gasteiger partial charge < -0.3 is 5.11 Å². The number of rotatable bonds is 2. The van der Waals surface area contributed by atoms with Crippen LogP contribution in [0.4, 0.5) is 0 Å². The number of hydrogen-bond donors (Lipinski definition) is 1. The molecule has 2 aliphatic rings. The molecule has 2 aliphatic heterocycles. The van der Waals surface area contributed by atoms with Crippen molar-refractivity contribution in [2.45, 2.75) is 57.2 Å². The monoisotopic (exact) mass is 211 g/mol. The molecule has 2 fully saturated rings. The number of fused-ring (bicyclic) bond motifs is 2. The van der Waals surface area contributed by atoms with Crippen LogP contribution < -0.4 is 0 Å². The molecule has 3 nitrogen and oxygen atoms in total. The van der Waals surface area contributed by atoms with Crippen LogP contribution in [-0.2, 0) is 4.79 Å². The molecule has 0 amide bonds. The van der Waals surface area contributed by atoms with Gasteiger partial charge in [0.2, 0.25) is 0 Å². The third-order valence-corrected chi connectivity index (χ3v) is 4.21. The fraction of sp³-hybridized carbons (Fsp3) is 0.917. The molecule has 0 aromatic heterocycles. The Labute approximate surface area is 91.5 Å². The van der Waals surface area contributed by atoms with Gasteiger partial charge in [-0.1, -0.05) is 13.8 Å². The number of carbonyl (C=O) groups is 1. The van der Waals surface area contributed by atoms with E-state index in [2.05, 4.69) is 4.90 Å². The summed E-state index contributed by atoms with van der Waals surface area (Å²) in [6.45, 7) is 3.92. The van der Waals surface area contributed by atoms with E-state index >= 15 is 0 Å². The van der Waals surface area contributed by atoms with E-state index in [-0.39, 0.29) is 17.6 Å². The van der Waals surface area contributed by atoms with Crippen LogP contribution in [0.1, 0.15) is 39.5 Å². The zero-order valence-corrected chi connectivity index (χ0v) is 9.86. The Balaban J connectivity index is 2.29. The SMILES string of the molecule is CC(C)C(=O)C12CCC(CC(O)C1)N2C. The molecule has 3 atom stereocenters. The van der Waals surface area contributed by atoms with E-state index in [9.17, 15) is 9.90 Å². The smallest absolute Gasteiger partial charge is 0.155 e. The second-order valence-corrected chi connectivity index (χ2v) is 5.45. The minimum Gasteiger partial charge on any atom is -0.393 e. The number of hydrogen-bond acceptors (Lipinski definition) is 3. The summed E-state index contributed by atoms with van der Waals surface area (Å²) in [5.74, 6) is 0.378. The van der Waals surface area contributed by atoms with Crippen molar-refractivity contribution in [1.29, 1.82) is 0 Å². The molecule has 2 saturated heterocycles. The summed E-state index contributed by atoms with van der Waals surface area (Å²) in [6.07, 6.45) is 3.19. The lowest BCUT2D eigenvalue weighted by Crippen LogP contribution is -2.57. The van der Waals surface area contributed by atoms with Gasteiger partial charge in [0, 0.05) is 12.0 Å². The molecule has 0 saturated carbocycles. The molecule has 0 aromatic rings. The summed E-state index contributed by atoms with van der Waals surface area (Å²) in [5.41, 5.74) is -0.351. The molecular formula is C12H21NO2. The average molecular weight is 211 g/mol. The van der Waals surface area contributed by atoms with Crippen molar-refractivity contribution in [3.63, 3.8) is 0 Å². The van der Waals surface area contributed by atoms with Gasteiger partial charge >= 0.3 is 0 Å². The summed E-state index contributed by atoms with van der Waals surface area (Å²) in [4.78, 5) is 14.5. The molecule has 2 bridgehead atoms. The molecule has 3 heteroatoms. The maximum Gasteiger partial charge on any atom is 0.155 e. The number of ketones is 1. The first kappa shape index (κ1) is 11.1. The standard InChI is InChI=1S/C12H21NO2/c1-8(2)11(15)12-5-4-9(13(12)3)6-10(14)7-12/h8-10,14H,4-7H2,1-3H3. The molecule has 3 unspecified atom stereocenters. The number of aliphatic hydroxyl groups excluding tert-OH is 1. The van der Waals surface area contributed by atoms with Crippen LogP contribution in [0.25, 0.3) is 0 Å². The highest BCUT2D eigenvalue weighted by atomic mass is 16.3. The van der Waals surface area contributed by atoms with Crippen LogP contribution in [-0.4, -0.2) is 40.5 Å². The summed E-state index contributed by atoms with van der Waals surface area (Å²) in [6, 6.07) is 0.413.